The molecule has 1 fully saturated rings. The molecule has 0 spiro atoms. The molecule has 0 aromatic carbocycles. The Morgan fingerprint density at radius 2 is 2.41 bits per heavy atom. The van der Waals surface area contributed by atoms with Crippen LogP contribution in [-0.4, -0.2) is 46.5 Å². The van der Waals surface area contributed by atoms with Crippen molar-refractivity contribution in [2.45, 2.75) is 38.8 Å². The molecular formula is C15H20N4O3. The topological polar surface area (TPSA) is 89.1 Å². The van der Waals surface area contributed by atoms with Gasteiger partial charge in [0.25, 0.3) is 0 Å². The maximum absolute atomic E-state index is 12.2. The van der Waals surface area contributed by atoms with Crippen LogP contribution in [0.5, 0.6) is 0 Å². The van der Waals surface area contributed by atoms with Crippen molar-refractivity contribution in [1.29, 1.82) is 0 Å². The SMILES string of the molecule is CCOC(=O)c1cnc2[nH]ncc2c1NC1CCO[C@H](C)C1. The van der Waals surface area contributed by atoms with Crippen molar-refractivity contribution in [3.8, 4) is 0 Å². The molecule has 0 saturated carbocycles. The molecule has 1 unspecified atom stereocenters. The summed E-state index contributed by atoms with van der Waals surface area (Å²) in [5.41, 5.74) is 1.82. The summed E-state index contributed by atoms with van der Waals surface area (Å²) in [5.74, 6) is -0.374. The Hall–Kier alpha value is -2.15. The Kier molecular flexibility index (Phi) is 4.24. The summed E-state index contributed by atoms with van der Waals surface area (Å²) in [6.07, 6.45) is 5.21. The number of nitrogens with zero attached hydrogens (tertiary/aromatic N) is 2. The number of fused-ring (bicyclic) bond motifs is 1. The van der Waals surface area contributed by atoms with E-state index < -0.39 is 0 Å². The number of ether oxygens (including phenoxy) is 2. The largest absolute Gasteiger partial charge is 0.462 e. The lowest BCUT2D eigenvalue weighted by atomic mass is 10.0. The van der Waals surface area contributed by atoms with Crippen molar-refractivity contribution < 1.29 is 14.3 Å². The van der Waals surface area contributed by atoms with E-state index in [0.29, 0.717) is 24.4 Å². The maximum Gasteiger partial charge on any atom is 0.341 e. The van der Waals surface area contributed by atoms with Crippen molar-refractivity contribution in [3.05, 3.63) is 18.0 Å². The Balaban J connectivity index is 1.95. The van der Waals surface area contributed by atoms with Gasteiger partial charge in [0, 0.05) is 18.8 Å². The lowest BCUT2D eigenvalue weighted by Crippen LogP contribution is -2.33. The van der Waals surface area contributed by atoms with Crippen molar-refractivity contribution in [3.63, 3.8) is 0 Å². The molecule has 118 valence electrons. The van der Waals surface area contributed by atoms with Crippen molar-refractivity contribution in [2.75, 3.05) is 18.5 Å². The summed E-state index contributed by atoms with van der Waals surface area (Å²) in [6.45, 7) is 4.89. The van der Waals surface area contributed by atoms with Gasteiger partial charge < -0.3 is 14.8 Å². The molecule has 1 saturated heterocycles. The summed E-state index contributed by atoms with van der Waals surface area (Å²) in [5, 5.41) is 11.1. The number of pyridine rings is 1. The third-order valence-electron chi connectivity index (χ3n) is 3.81. The van der Waals surface area contributed by atoms with E-state index in [4.69, 9.17) is 9.47 Å². The number of esters is 1. The van der Waals surface area contributed by atoms with Crippen molar-refractivity contribution >= 4 is 22.7 Å². The quantitative estimate of drug-likeness (QED) is 0.841. The van der Waals surface area contributed by atoms with Gasteiger partial charge in [0.2, 0.25) is 0 Å². The fraction of sp³-hybridized carbons (Fsp3) is 0.533. The highest BCUT2D eigenvalue weighted by atomic mass is 16.5. The number of hydrogen-bond donors (Lipinski definition) is 2. The number of anilines is 1. The molecule has 7 heteroatoms. The standard InChI is InChI=1S/C15H20N4O3/c1-3-21-15(20)12-7-16-14-11(8-17-19-14)13(12)18-10-4-5-22-9(2)6-10/h7-10H,3-6H2,1-2H3,(H2,16,17,18,19)/t9-,10?/m1/s1. The second kappa shape index (κ2) is 6.31. The predicted molar refractivity (Wildman–Crippen MR) is 81.9 cm³/mol. The molecule has 2 N–H and O–H groups in total. The molecule has 0 radical (unpaired) electrons. The molecule has 3 rings (SSSR count). The minimum absolute atomic E-state index is 0.207. The van der Waals surface area contributed by atoms with Crippen LogP contribution >= 0.6 is 0 Å². The van der Waals surface area contributed by atoms with Gasteiger partial charge in [0.1, 0.15) is 5.56 Å². The van der Waals surface area contributed by atoms with Crippen molar-refractivity contribution in [1.82, 2.24) is 15.2 Å². The highest BCUT2D eigenvalue weighted by molar-refractivity contribution is 6.04. The normalized spacial score (nSPS) is 21.7. The predicted octanol–water partition coefficient (Wildman–Crippen LogP) is 2.11. The van der Waals surface area contributed by atoms with E-state index in [1.54, 1.807) is 13.1 Å². The summed E-state index contributed by atoms with van der Waals surface area (Å²) in [6, 6.07) is 0.248. The number of hydrogen-bond acceptors (Lipinski definition) is 6. The zero-order valence-electron chi connectivity index (χ0n) is 12.8. The third-order valence-corrected chi connectivity index (χ3v) is 3.81. The first-order valence-corrected chi connectivity index (χ1v) is 7.56. The zero-order valence-corrected chi connectivity index (χ0v) is 12.8. The number of aromatic amines is 1. The molecule has 3 heterocycles. The van der Waals surface area contributed by atoms with Crippen molar-refractivity contribution in [2.24, 2.45) is 0 Å². The first-order valence-electron chi connectivity index (χ1n) is 7.56. The lowest BCUT2D eigenvalue weighted by molar-refractivity contribution is 0.0232. The minimum atomic E-state index is -0.374. The molecule has 2 aromatic rings. The molecule has 7 nitrogen and oxygen atoms in total. The molecule has 1 aliphatic rings. The average molecular weight is 304 g/mol. The number of rotatable bonds is 4. The summed E-state index contributed by atoms with van der Waals surface area (Å²) in [4.78, 5) is 16.4. The number of aromatic nitrogens is 3. The van der Waals surface area contributed by atoms with E-state index in [1.165, 1.54) is 6.20 Å². The van der Waals surface area contributed by atoms with Gasteiger partial charge in [0.05, 0.1) is 30.0 Å². The summed E-state index contributed by atoms with van der Waals surface area (Å²) >= 11 is 0. The minimum Gasteiger partial charge on any atom is -0.462 e. The van der Waals surface area contributed by atoms with E-state index in [1.807, 2.05) is 0 Å². The Labute approximate surface area is 128 Å². The first-order chi connectivity index (χ1) is 10.7. The summed E-state index contributed by atoms with van der Waals surface area (Å²) in [7, 11) is 0. The smallest absolute Gasteiger partial charge is 0.341 e. The van der Waals surface area contributed by atoms with Crippen LogP contribution in [0.2, 0.25) is 0 Å². The molecule has 22 heavy (non-hydrogen) atoms. The van der Waals surface area contributed by atoms with Crippen LogP contribution in [-0.2, 0) is 9.47 Å². The molecule has 0 amide bonds. The van der Waals surface area contributed by atoms with Gasteiger partial charge >= 0.3 is 5.97 Å². The zero-order chi connectivity index (χ0) is 15.5. The molecule has 1 aliphatic heterocycles. The fourth-order valence-corrected chi connectivity index (χ4v) is 2.75. The van der Waals surface area contributed by atoms with Gasteiger partial charge in [-0.2, -0.15) is 5.10 Å². The van der Waals surface area contributed by atoms with Gasteiger partial charge in [-0.1, -0.05) is 0 Å². The van der Waals surface area contributed by atoms with E-state index in [9.17, 15) is 4.79 Å². The molecule has 2 atom stereocenters. The van der Waals surface area contributed by atoms with Gasteiger partial charge in [-0.15, -0.1) is 0 Å². The van der Waals surface area contributed by atoms with Gasteiger partial charge in [-0.3, -0.25) is 5.10 Å². The lowest BCUT2D eigenvalue weighted by Gasteiger charge is -2.29. The average Bonchev–Trinajstić information content (AvgIpc) is 2.96. The Morgan fingerprint density at radius 3 is 3.18 bits per heavy atom. The van der Waals surface area contributed by atoms with E-state index in [-0.39, 0.29) is 18.1 Å². The molecular weight excluding hydrogens is 284 g/mol. The molecule has 0 aliphatic carbocycles. The second-order valence-corrected chi connectivity index (χ2v) is 5.45. The summed E-state index contributed by atoms with van der Waals surface area (Å²) < 4.78 is 10.7. The molecule has 2 aromatic heterocycles. The van der Waals surface area contributed by atoms with Crippen LogP contribution in [0.15, 0.2) is 12.4 Å². The van der Waals surface area contributed by atoms with Crippen LogP contribution in [0, 0.1) is 0 Å². The van der Waals surface area contributed by atoms with E-state index >= 15 is 0 Å². The van der Waals surface area contributed by atoms with Crippen LogP contribution < -0.4 is 5.32 Å². The third kappa shape index (κ3) is 2.89. The number of nitrogens with one attached hydrogen (secondary N) is 2. The van der Waals surface area contributed by atoms with Crippen LogP contribution in [0.25, 0.3) is 11.0 Å². The monoisotopic (exact) mass is 304 g/mol. The number of carbonyl (C=O) groups is 1. The maximum atomic E-state index is 12.2. The molecule has 0 bridgehead atoms. The van der Waals surface area contributed by atoms with Crippen LogP contribution in [0.1, 0.15) is 37.0 Å². The van der Waals surface area contributed by atoms with Gasteiger partial charge in [-0.05, 0) is 26.7 Å². The van der Waals surface area contributed by atoms with Gasteiger partial charge in [0.15, 0.2) is 5.65 Å². The number of H-pyrrole nitrogens is 1. The van der Waals surface area contributed by atoms with Gasteiger partial charge in [-0.25, -0.2) is 9.78 Å². The highest BCUT2D eigenvalue weighted by Gasteiger charge is 2.23. The van der Waals surface area contributed by atoms with Crippen LogP contribution in [0.4, 0.5) is 5.69 Å². The Bertz CT molecular complexity index is 670. The first kappa shape index (κ1) is 14.8. The van der Waals surface area contributed by atoms with E-state index in [2.05, 4.69) is 27.4 Å². The highest BCUT2D eigenvalue weighted by Crippen LogP contribution is 2.28. The second-order valence-electron chi connectivity index (χ2n) is 5.45. The fourth-order valence-electron chi connectivity index (χ4n) is 2.75. The van der Waals surface area contributed by atoms with E-state index in [0.717, 1.165) is 23.9 Å². The Morgan fingerprint density at radius 1 is 1.55 bits per heavy atom. The van der Waals surface area contributed by atoms with Crippen LogP contribution in [0.3, 0.4) is 0 Å². The number of carbonyl (C=O) groups excluding carboxylic acids is 1.